The molecule has 2 nitrogen and oxygen atoms in total. The number of aliphatic hydroxyl groups excluding tert-OH is 1. The van der Waals surface area contributed by atoms with Crippen molar-refractivity contribution in [3.8, 4) is 0 Å². The Morgan fingerprint density at radius 1 is 1.42 bits per heavy atom. The Balaban J connectivity index is 1.83. The molecule has 0 radical (unpaired) electrons. The zero-order valence-electron chi connectivity index (χ0n) is 8.05. The lowest BCUT2D eigenvalue weighted by molar-refractivity contribution is 0.282. The summed E-state index contributed by atoms with van der Waals surface area (Å²) in [4.78, 5) is 0. The lowest BCUT2D eigenvalue weighted by atomic mass is 10.1. The summed E-state index contributed by atoms with van der Waals surface area (Å²) in [6.07, 6.45) is 6.28. The third kappa shape index (κ3) is 4.73. The van der Waals surface area contributed by atoms with Crippen LogP contribution in [0.4, 0.5) is 0 Å². The molecule has 0 saturated heterocycles. The Labute approximate surface area is 75.4 Å². The van der Waals surface area contributed by atoms with Crippen molar-refractivity contribution < 1.29 is 5.11 Å². The maximum Gasteiger partial charge on any atom is 0.0431 e. The van der Waals surface area contributed by atoms with Crippen LogP contribution in [0.25, 0.3) is 0 Å². The van der Waals surface area contributed by atoms with E-state index in [-0.39, 0.29) is 0 Å². The molecule has 0 aromatic rings. The summed E-state index contributed by atoms with van der Waals surface area (Å²) in [7, 11) is 0. The van der Waals surface area contributed by atoms with Gasteiger partial charge in [0.15, 0.2) is 0 Å². The Bertz CT molecular complexity index is 112. The van der Waals surface area contributed by atoms with Crippen LogP contribution in [-0.2, 0) is 0 Å². The average molecular weight is 171 g/mol. The normalized spacial score (nSPS) is 19.5. The first kappa shape index (κ1) is 10.0. The summed E-state index contributed by atoms with van der Waals surface area (Å²) < 4.78 is 0. The smallest absolute Gasteiger partial charge is 0.0431 e. The van der Waals surface area contributed by atoms with Crippen LogP contribution in [-0.4, -0.2) is 24.3 Å². The average Bonchev–Trinajstić information content (AvgIpc) is 2.82. The first-order chi connectivity index (χ1) is 5.83. The van der Waals surface area contributed by atoms with Crippen LogP contribution in [0.2, 0.25) is 0 Å². The SMILES string of the molecule is CC(CC1CC1)NCCCCO. The van der Waals surface area contributed by atoms with Crippen molar-refractivity contribution >= 4 is 0 Å². The topological polar surface area (TPSA) is 32.3 Å². The summed E-state index contributed by atoms with van der Waals surface area (Å²) in [5.74, 6) is 1.02. The summed E-state index contributed by atoms with van der Waals surface area (Å²) in [5.41, 5.74) is 0. The highest BCUT2D eigenvalue weighted by molar-refractivity contribution is 4.77. The van der Waals surface area contributed by atoms with E-state index in [0.717, 1.165) is 25.3 Å². The number of hydrogen-bond acceptors (Lipinski definition) is 2. The van der Waals surface area contributed by atoms with Crippen molar-refractivity contribution in [2.45, 2.75) is 45.1 Å². The summed E-state index contributed by atoms with van der Waals surface area (Å²) in [6.45, 7) is 3.66. The van der Waals surface area contributed by atoms with E-state index in [0.29, 0.717) is 12.6 Å². The third-order valence-corrected chi connectivity index (χ3v) is 2.46. The van der Waals surface area contributed by atoms with E-state index in [1.807, 2.05) is 0 Å². The first-order valence-corrected chi connectivity index (χ1v) is 5.17. The molecule has 0 spiro atoms. The standard InChI is InChI=1S/C10H21NO/c1-9(8-10-4-5-10)11-6-2-3-7-12/h9-12H,2-8H2,1H3. The summed E-state index contributed by atoms with van der Waals surface area (Å²) >= 11 is 0. The van der Waals surface area contributed by atoms with Crippen LogP contribution in [0.15, 0.2) is 0 Å². The van der Waals surface area contributed by atoms with Crippen LogP contribution in [0, 0.1) is 5.92 Å². The van der Waals surface area contributed by atoms with Crippen LogP contribution in [0.1, 0.15) is 39.0 Å². The maximum absolute atomic E-state index is 8.56. The molecule has 1 saturated carbocycles. The molecule has 0 aromatic heterocycles. The third-order valence-electron chi connectivity index (χ3n) is 2.46. The van der Waals surface area contributed by atoms with E-state index in [1.165, 1.54) is 19.3 Å². The van der Waals surface area contributed by atoms with Gasteiger partial charge in [-0.2, -0.15) is 0 Å². The molecule has 0 bridgehead atoms. The fourth-order valence-corrected chi connectivity index (χ4v) is 1.52. The lowest BCUT2D eigenvalue weighted by Gasteiger charge is -2.12. The highest BCUT2D eigenvalue weighted by atomic mass is 16.2. The van der Waals surface area contributed by atoms with Gasteiger partial charge in [0.2, 0.25) is 0 Å². The van der Waals surface area contributed by atoms with Gasteiger partial charge in [0.05, 0.1) is 0 Å². The molecule has 0 heterocycles. The van der Waals surface area contributed by atoms with E-state index in [4.69, 9.17) is 5.11 Å². The molecule has 1 unspecified atom stereocenters. The van der Waals surface area contributed by atoms with Gasteiger partial charge in [-0.25, -0.2) is 0 Å². The van der Waals surface area contributed by atoms with Gasteiger partial charge in [0, 0.05) is 12.6 Å². The molecular formula is C10H21NO. The molecule has 1 aliphatic rings. The Hall–Kier alpha value is -0.0800. The minimum absolute atomic E-state index is 0.332. The fourth-order valence-electron chi connectivity index (χ4n) is 1.52. The number of rotatable bonds is 7. The largest absolute Gasteiger partial charge is 0.396 e. The zero-order chi connectivity index (χ0) is 8.81. The van der Waals surface area contributed by atoms with E-state index >= 15 is 0 Å². The Morgan fingerprint density at radius 3 is 2.75 bits per heavy atom. The maximum atomic E-state index is 8.56. The van der Waals surface area contributed by atoms with Crippen molar-refractivity contribution in [1.82, 2.24) is 5.32 Å². The molecule has 1 fully saturated rings. The van der Waals surface area contributed by atoms with Crippen LogP contribution >= 0.6 is 0 Å². The molecule has 72 valence electrons. The van der Waals surface area contributed by atoms with Gasteiger partial charge in [-0.3, -0.25) is 0 Å². The molecule has 1 atom stereocenters. The van der Waals surface area contributed by atoms with Crippen molar-refractivity contribution in [1.29, 1.82) is 0 Å². The summed E-state index contributed by atoms with van der Waals surface area (Å²) in [6, 6.07) is 0.677. The fraction of sp³-hybridized carbons (Fsp3) is 1.00. The molecule has 1 aliphatic carbocycles. The van der Waals surface area contributed by atoms with Crippen LogP contribution < -0.4 is 5.32 Å². The number of unbranched alkanes of at least 4 members (excludes halogenated alkanes) is 1. The molecule has 12 heavy (non-hydrogen) atoms. The van der Waals surface area contributed by atoms with Gasteiger partial charge in [0.25, 0.3) is 0 Å². The molecule has 0 aliphatic heterocycles. The molecule has 0 amide bonds. The van der Waals surface area contributed by atoms with Gasteiger partial charge < -0.3 is 10.4 Å². The lowest BCUT2D eigenvalue weighted by Crippen LogP contribution is -2.27. The van der Waals surface area contributed by atoms with E-state index < -0.39 is 0 Å². The van der Waals surface area contributed by atoms with E-state index in [1.54, 1.807) is 0 Å². The second-order valence-corrected chi connectivity index (χ2v) is 3.96. The van der Waals surface area contributed by atoms with E-state index in [9.17, 15) is 0 Å². The van der Waals surface area contributed by atoms with Gasteiger partial charge >= 0.3 is 0 Å². The van der Waals surface area contributed by atoms with Gasteiger partial charge in [-0.15, -0.1) is 0 Å². The zero-order valence-corrected chi connectivity index (χ0v) is 8.05. The van der Waals surface area contributed by atoms with Crippen molar-refractivity contribution in [3.63, 3.8) is 0 Å². The molecule has 2 N–H and O–H groups in total. The van der Waals surface area contributed by atoms with Gasteiger partial charge in [0.1, 0.15) is 0 Å². The monoisotopic (exact) mass is 171 g/mol. The van der Waals surface area contributed by atoms with Crippen LogP contribution in [0.5, 0.6) is 0 Å². The minimum atomic E-state index is 0.332. The van der Waals surface area contributed by atoms with Crippen molar-refractivity contribution in [3.05, 3.63) is 0 Å². The molecule has 2 heteroatoms. The number of hydrogen-bond donors (Lipinski definition) is 2. The molecule has 1 rings (SSSR count). The van der Waals surface area contributed by atoms with E-state index in [2.05, 4.69) is 12.2 Å². The summed E-state index contributed by atoms with van der Waals surface area (Å²) in [5, 5.41) is 12.0. The second-order valence-electron chi connectivity index (χ2n) is 3.96. The second kappa shape index (κ2) is 5.55. The number of aliphatic hydroxyl groups is 1. The van der Waals surface area contributed by atoms with Gasteiger partial charge in [-0.1, -0.05) is 12.8 Å². The van der Waals surface area contributed by atoms with Crippen molar-refractivity contribution in [2.75, 3.05) is 13.2 Å². The Morgan fingerprint density at radius 2 is 2.17 bits per heavy atom. The van der Waals surface area contributed by atoms with Crippen LogP contribution in [0.3, 0.4) is 0 Å². The minimum Gasteiger partial charge on any atom is -0.396 e. The quantitative estimate of drug-likeness (QED) is 0.569. The van der Waals surface area contributed by atoms with Gasteiger partial charge in [-0.05, 0) is 38.6 Å². The predicted molar refractivity (Wildman–Crippen MR) is 51.1 cm³/mol. The first-order valence-electron chi connectivity index (χ1n) is 5.17. The molecule has 0 aromatic carbocycles. The molecular weight excluding hydrogens is 150 g/mol. The Kier molecular flexibility index (Phi) is 4.62. The predicted octanol–water partition coefficient (Wildman–Crippen LogP) is 1.54. The van der Waals surface area contributed by atoms with Crippen molar-refractivity contribution in [2.24, 2.45) is 5.92 Å². The highest BCUT2D eigenvalue weighted by Crippen LogP contribution is 2.33. The highest BCUT2D eigenvalue weighted by Gasteiger charge is 2.22. The number of nitrogens with one attached hydrogen (secondary N) is 1.